The molecular weight excluding hydrogens is 401 g/mol. The van der Waals surface area contributed by atoms with Gasteiger partial charge >= 0.3 is 6.18 Å². The van der Waals surface area contributed by atoms with E-state index in [1.165, 1.54) is 37.3 Å². The molecule has 0 radical (unpaired) electrons. The Balaban J connectivity index is 2.20. The van der Waals surface area contributed by atoms with Gasteiger partial charge in [0.1, 0.15) is 11.6 Å². The molecule has 0 bridgehead atoms. The molecule has 7 heteroatoms. The van der Waals surface area contributed by atoms with Crippen molar-refractivity contribution in [2.45, 2.75) is 52.3 Å². The fourth-order valence-electron chi connectivity index (χ4n) is 3.10. The molecule has 162 valence electrons. The fraction of sp³-hybridized carbons (Fsp3) is 0.348. The Kier molecular flexibility index (Phi) is 7.76. The van der Waals surface area contributed by atoms with E-state index in [2.05, 4.69) is 5.32 Å². The first-order valence-electron chi connectivity index (χ1n) is 9.71. The molecular formula is C23H24F5NO. The van der Waals surface area contributed by atoms with Crippen LogP contribution in [-0.4, -0.2) is 5.91 Å². The fourth-order valence-corrected chi connectivity index (χ4v) is 3.10. The van der Waals surface area contributed by atoms with Gasteiger partial charge in [0.05, 0.1) is 11.6 Å². The molecule has 0 spiro atoms. The molecule has 0 heterocycles. The summed E-state index contributed by atoms with van der Waals surface area (Å²) in [6.45, 7) is 4.94. The average molecular weight is 425 g/mol. The number of halogens is 5. The minimum Gasteiger partial charge on any atom is -0.346 e. The minimum atomic E-state index is -4.44. The molecule has 30 heavy (non-hydrogen) atoms. The second kappa shape index (κ2) is 9.87. The smallest absolute Gasteiger partial charge is 0.346 e. The summed E-state index contributed by atoms with van der Waals surface area (Å²) in [4.78, 5) is 12.3. The van der Waals surface area contributed by atoms with Crippen LogP contribution >= 0.6 is 0 Å². The lowest BCUT2D eigenvalue weighted by atomic mass is 9.99. The van der Waals surface area contributed by atoms with Crippen LogP contribution in [0.25, 0.3) is 6.08 Å². The number of carbonyl (C=O) groups is 1. The van der Waals surface area contributed by atoms with Crippen LogP contribution in [0, 0.1) is 18.6 Å². The standard InChI is InChI=1S/C23H24F5NO/c1-4-6-16-11-18(23(26,27)28)9-7-15(16)8-10-22(30)29-21(5-2)17-12-19(24)14(3)20(25)13-17/h7-13,21H,4-6H2,1-3H3,(H,29,30)/b10-8+/t21-/m1/s1. The maximum Gasteiger partial charge on any atom is 0.416 e. The van der Waals surface area contributed by atoms with Gasteiger partial charge in [0, 0.05) is 11.6 Å². The normalized spacial score (nSPS) is 12.9. The minimum absolute atomic E-state index is 0.0921. The van der Waals surface area contributed by atoms with Crippen molar-refractivity contribution in [2.24, 2.45) is 0 Å². The maximum absolute atomic E-state index is 13.8. The summed E-state index contributed by atoms with van der Waals surface area (Å²) in [6, 6.07) is 5.17. The number of aryl methyl sites for hydroxylation is 1. The first-order valence-corrected chi connectivity index (χ1v) is 9.71. The molecule has 2 aromatic carbocycles. The van der Waals surface area contributed by atoms with E-state index in [0.29, 0.717) is 36.0 Å². The Morgan fingerprint density at radius 2 is 1.73 bits per heavy atom. The Hall–Kier alpha value is -2.70. The molecule has 0 saturated carbocycles. The van der Waals surface area contributed by atoms with Crippen LogP contribution in [0.2, 0.25) is 0 Å². The highest BCUT2D eigenvalue weighted by atomic mass is 19.4. The van der Waals surface area contributed by atoms with Gasteiger partial charge in [-0.3, -0.25) is 4.79 Å². The second-order valence-corrected chi connectivity index (χ2v) is 7.07. The molecule has 0 aromatic heterocycles. The van der Waals surface area contributed by atoms with E-state index in [9.17, 15) is 26.7 Å². The zero-order valence-corrected chi connectivity index (χ0v) is 17.0. The van der Waals surface area contributed by atoms with Crippen molar-refractivity contribution in [2.75, 3.05) is 0 Å². The van der Waals surface area contributed by atoms with Crippen LogP contribution in [0.4, 0.5) is 22.0 Å². The van der Waals surface area contributed by atoms with Gasteiger partial charge in [-0.25, -0.2) is 8.78 Å². The Labute approximate surface area is 172 Å². The lowest BCUT2D eigenvalue weighted by Gasteiger charge is -2.17. The van der Waals surface area contributed by atoms with Crippen molar-refractivity contribution in [1.82, 2.24) is 5.32 Å². The number of nitrogens with one attached hydrogen (secondary N) is 1. The molecule has 2 nitrogen and oxygen atoms in total. The summed E-state index contributed by atoms with van der Waals surface area (Å²) in [5.74, 6) is -1.89. The van der Waals surface area contributed by atoms with Crippen molar-refractivity contribution in [3.63, 3.8) is 0 Å². The van der Waals surface area contributed by atoms with E-state index in [1.54, 1.807) is 6.92 Å². The lowest BCUT2D eigenvalue weighted by Crippen LogP contribution is -2.26. The van der Waals surface area contributed by atoms with E-state index >= 15 is 0 Å². The summed E-state index contributed by atoms with van der Waals surface area (Å²) in [5.41, 5.74) is 0.486. The van der Waals surface area contributed by atoms with Crippen LogP contribution in [0.3, 0.4) is 0 Å². The molecule has 0 unspecified atom stereocenters. The second-order valence-electron chi connectivity index (χ2n) is 7.07. The summed E-state index contributed by atoms with van der Waals surface area (Å²) in [6.07, 6.45) is -0.283. The van der Waals surface area contributed by atoms with Crippen molar-refractivity contribution < 1.29 is 26.7 Å². The summed E-state index contributed by atoms with van der Waals surface area (Å²) >= 11 is 0. The van der Waals surface area contributed by atoms with Gasteiger partial charge < -0.3 is 5.32 Å². The predicted molar refractivity (Wildman–Crippen MR) is 107 cm³/mol. The van der Waals surface area contributed by atoms with Gasteiger partial charge in [0.15, 0.2) is 0 Å². The molecule has 0 aliphatic carbocycles. The highest BCUT2D eigenvalue weighted by molar-refractivity contribution is 5.92. The summed E-state index contributed by atoms with van der Waals surface area (Å²) in [5, 5.41) is 2.68. The molecule has 1 amide bonds. The van der Waals surface area contributed by atoms with Gasteiger partial charge in [0.25, 0.3) is 0 Å². The van der Waals surface area contributed by atoms with Crippen molar-refractivity contribution >= 4 is 12.0 Å². The lowest BCUT2D eigenvalue weighted by molar-refractivity contribution is -0.137. The SMILES string of the molecule is CCCc1cc(C(F)(F)F)ccc1/C=C/C(=O)N[C@H](CC)c1cc(F)c(C)c(F)c1. The first-order chi connectivity index (χ1) is 14.1. The van der Waals surface area contributed by atoms with Crippen LogP contribution < -0.4 is 5.32 Å². The third-order valence-electron chi connectivity index (χ3n) is 4.83. The van der Waals surface area contributed by atoms with Crippen LogP contribution in [0.15, 0.2) is 36.4 Å². The van der Waals surface area contributed by atoms with E-state index in [0.717, 1.165) is 12.1 Å². The maximum atomic E-state index is 13.8. The summed E-state index contributed by atoms with van der Waals surface area (Å²) in [7, 11) is 0. The highest BCUT2D eigenvalue weighted by Crippen LogP contribution is 2.31. The number of hydrogen-bond acceptors (Lipinski definition) is 1. The van der Waals surface area contributed by atoms with E-state index in [-0.39, 0.29) is 5.56 Å². The average Bonchev–Trinajstić information content (AvgIpc) is 2.68. The van der Waals surface area contributed by atoms with E-state index in [4.69, 9.17) is 0 Å². The third-order valence-corrected chi connectivity index (χ3v) is 4.83. The molecule has 1 N–H and O–H groups in total. The number of carbonyl (C=O) groups excluding carboxylic acids is 1. The van der Waals surface area contributed by atoms with Gasteiger partial charge in [-0.05, 0) is 66.8 Å². The Morgan fingerprint density at radius 1 is 1.10 bits per heavy atom. The third kappa shape index (κ3) is 5.90. The number of alkyl halides is 3. The molecule has 0 saturated heterocycles. The Morgan fingerprint density at radius 3 is 2.27 bits per heavy atom. The molecule has 0 fully saturated rings. The quantitative estimate of drug-likeness (QED) is 0.397. The van der Waals surface area contributed by atoms with Crippen molar-refractivity contribution in [3.8, 4) is 0 Å². The van der Waals surface area contributed by atoms with Gasteiger partial charge in [0.2, 0.25) is 5.91 Å². The Bertz CT molecular complexity index is 911. The van der Waals surface area contributed by atoms with Crippen molar-refractivity contribution in [3.05, 3.63) is 75.9 Å². The van der Waals surface area contributed by atoms with E-state index in [1.807, 2.05) is 6.92 Å². The zero-order valence-electron chi connectivity index (χ0n) is 17.0. The number of rotatable bonds is 7. The highest BCUT2D eigenvalue weighted by Gasteiger charge is 2.30. The predicted octanol–water partition coefficient (Wildman–Crippen LogP) is 6.53. The van der Waals surface area contributed by atoms with Crippen LogP contribution in [0.5, 0.6) is 0 Å². The number of hydrogen-bond donors (Lipinski definition) is 1. The molecule has 1 atom stereocenters. The molecule has 0 aliphatic rings. The van der Waals surface area contributed by atoms with Gasteiger partial charge in [-0.1, -0.05) is 26.3 Å². The van der Waals surface area contributed by atoms with Crippen molar-refractivity contribution in [1.29, 1.82) is 0 Å². The summed E-state index contributed by atoms with van der Waals surface area (Å²) < 4.78 is 66.5. The molecule has 0 aliphatic heterocycles. The monoisotopic (exact) mass is 425 g/mol. The first kappa shape index (κ1) is 23.6. The van der Waals surface area contributed by atoms with E-state index < -0.39 is 35.3 Å². The topological polar surface area (TPSA) is 29.1 Å². The molecule has 2 aromatic rings. The zero-order chi connectivity index (χ0) is 22.5. The van der Waals surface area contributed by atoms with Gasteiger partial charge in [-0.2, -0.15) is 13.2 Å². The van der Waals surface area contributed by atoms with Crippen LogP contribution in [-0.2, 0) is 17.4 Å². The van der Waals surface area contributed by atoms with Gasteiger partial charge in [-0.15, -0.1) is 0 Å². The van der Waals surface area contributed by atoms with Crippen LogP contribution in [0.1, 0.15) is 60.5 Å². The molecule has 2 rings (SSSR count). The number of amides is 1. The largest absolute Gasteiger partial charge is 0.416 e. The number of benzene rings is 2.